The van der Waals surface area contributed by atoms with Crippen molar-refractivity contribution in [2.24, 2.45) is 5.92 Å². The van der Waals surface area contributed by atoms with E-state index in [1.54, 1.807) is 0 Å². The molecule has 0 bridgehead atoms. The summed E-state index contributed by atoms with van der Waals surface area (Å²) in [6.45, 7) is 9.37. The predicted octanol–water partition coefficient (Wildman–Crippen LogP) is 3.17. The minimum Gasteiger partial charge on any atom is -0.185 e. The Labute approximate surface area is 75.2 Å². The van der Waals surface area contributed by atoms with Gasteiger partial charge in [-0.25, -0.2) is 0 Å². The lowest BCUT2D eigenvalue weighted by Crippen LogP contribution is -2.23. The molecule has 0 aromatic carbocycles. The van der Waals surface area contributed by atoms with Crippen LogP contribution in [0.5, 0.6) is 0 Å². The van der Waals surface area contributed by atoms with Gasteiger partial charge in [0, 0.05) is 13.8 Å². The van der Waals surface area contributed by atoms with Gasteiger partial charge in [-0.1, -0.05) is 32.6 Å². The molecule has 0 aromatic heterocycles. The fourth-order valence-corrected chi connectivity index (χ4v) is 4.21. The first-order valence-corrected chi connectivity index (χ1v) is 8.66. The van der Waals surface area contributed by atoms with Crippen molar-refractivity contribution in [3.63, 3.8) is 0 Å². The van der Waals surface area contributed by atoms with Crippen molar-refractivity contribution in [1.82, 2.24) is 0 Å². The SMILES string of the molecule is CC(CSC#N)C[Si](C)(C)C. The number of thioether (sulfide) groups is 1. The van der Waals surface area contributed by atoms with Crippen LogP contribution in [0.4, 0.5) is 0 Å². The summed E-state index contributed by atoms with van der Waals surface area (Å²) in [5.74, 6) is 1.71. The number of rotatable bonds is 4. The Bertz CT molecular complexity index is 145. The maximum absolute atomic E-state index is 8.34. The molecule has 0 aliphatic rings. The molecule has 0 saturated carbocycles. The zero-order valence-electron chi connectivity index (χ0n) is 7.85. The minimum absolute atomic E-state index is 0.714. The van der Waals surface area contributed by atoms with Gasteiger partial charge in [-0.3, -0.25) is 0 Å². The van der Waals surface area contributed by atoms with Gasteiger partial charge in [0.2, 0.25) is 0 Å². The summed E-state index contributed by atoms with van der Waals surface area (Å²) in [5.41, 5.74) is 0. The highest BCUT2D eigenvalue weighted by Gasteiger charge is 2.16. The maximum atomic E-state index is 8.34. The second-order valence-electron chi connectivity index (χ2n) is 4.27. The topological polar surface area (TPSA) is 23.8 Å². The van der Waals surface area contributed by atoms with E-state index in [9.17, 15) is 0 Å². The predicted molar refractivity (Wildman–Crippen MR) is 55.4 cm³/mol. The number of hydrogen-bond acceptors (Lipinski definition) is 2. The van der Waals surface area contributed by atoms with Crippen LogP contribution in [0.25, 0.3) is 0 Å². The molecule has 0 rings (SSSR count). The molecule has 0 aliphatic carbocycles. The molecule has 0 aliphatic heterocycles. The fourth-order valence-electron chi connectivity index (χ4n) is 1.28. The third-order valence-electron chi connectivity index (χ3n) is 1.39. The normalized spacial score (nSPS) is 14.1. The zero-order chi connectivity index (χ0) is 8.91. The lowest BCUT2D eigenvalue weighted by atomic mass is 10.3. The van der Waals surface area contributed by atoms with E-state index >= 15 is 0 Å². The summed E-state index contributed by atoms with van der Waals surface area (Å²) in [6.07, 6.45) is 0. The highest BCUT2D eigenvalue weighted by molar-refractivity contribution is 8.03. The molecule has 1 nitrogen and oxygen atoms in total. The third kappa shape index (κ3) is 7.96. The van der Waals surface area contributed by atoms with Gasteiger partial charge in [-0.2, -0.15) is 5.26 Å². The van der Waals surface area contributed by atoms with E-state index in [2.05, 4.69) is 32.0 Å². The molecule has 11 heavy (non-hydrogen) atoms. The van der Waals surface area contributed by atoms with Crippen LogP contribution >= 0.6 is 11.8 Å². The van der Waals surface area contributed by atoms with Crippen molar-refractivity contribution in [2.75, 3.05) is 5.75 Å². The molecular weight excluding hydrogens is 170 g/mol. The van der Waals surface area contributed by atoms with Crippen LogP contribution in [-0.2, 0) is 0 Å². The molecule has 0 saturated heterocycles. The Morgan fingerprint density at radius 3 is 2.36 bits per heavy atom. The van der Waals surface area contributed by atoms with E-state index in [1.165, 1.54) is 17.8 Å². The molecule has 1 unspecified atom stereocenters. The number of thiocyanates is 1. The van der Waals surface area contributed by atoms with Crippen molar-refractivity contribution >= 4 is 19.8 Å². The molecule has 0 fully saturated rings. The second-order valence-corrected chi connectivity index (χ2v) is 10.6. The van der Waals surface area contributed by atoms with Crippen LogP contribution in [0.1, 0.15) is 6.92 Å². The van der Waals surface area contributed by atoms with Gasteiger partial charge in [0.1, 0.15) is 5.40 Å². The van der Waals surface area contributed by atoms with Crippen LogP contribution in [-0.4, -0.2) is 13.8 Å². The molecule has 1 atom stereocenters. The van der Waals surface area contributed by atoms with Gasteiger partial charge in [0.25, 0.3) is 0 Å². The summed E-state index contributed by atoms with van der Waals surface area (Å²) in [6, 6.07) is 1.34. The summed E-state index contributed by atoms with van der Waals surface area (Å²) >= 11 is 1.38. The first-order chi connectivity index (χ1) is 4.95. The highest BCUT2D eigenvalue weighted by atomic mass is 32.2. The Hall–Kier alpha value is 0.0569. The quantitative estimate of drug-likeness (QED) is 0.498. The van der Waals surface area contributed by atoms with Crippen molar-refractivity contribution in [3.8, 4) is 5.40 Å². The lowest BCUT2D eigenvalue weighted by molar-refractivity contribution is 0.735. The molecule has 0 spiro atoms. The molecule has 64 valence electrons. The first-order valence-electron chi connectivity index (χ1n) is 3.96. The van der Waals surface area contributed by atoms with Gasteiger partial charge in [0.15, 0.2) is 0 Å². The van der Waals surface area contributed by atoms with Crippen molar-refractivity contribution in [3.05, 3.63) is 0 Å². The molecule has 0 amide bonds. The maximum Gasteiger partial charge on any atom is 0.133 e. The molecule has 0 radical (unpaired) electrons. The Balaban J connectivity index is 3.54. The van der Waals surface area contributed by atoms with E-state index in [-0.39, 0.29) is 0 Å². The molecule has 0 aromatic rings. The molecular formula is C8H17NSSi. The fraction of sp³-hybridized carbons (Fsp3) is 0.875. The largest absolute Gasteiger partial charge is 0.185 e. The van der Waals surface area contributed by atoms with E-state index in [0.717, 1.165) is 5.75 Å². The monoisotopic (exact) mass is 187 g/mol. The third-order valence-corrected chi connectivity index (χ3v) is 4.18. The minimum atomic E-state index is -0.893. The van der Waals surface area contributed by atoms with Crippen LogP contribution in [0.3, 0.4) is 0 Å². The molecule has 3 heteroatoms. The van der Waals surface area contributed by atoms with E-state index < -0.39 is 8.07 Å². The van der Waals surface area contributed by atoms with Crippen LogP contribution in [0.15, 0.2) is 0 Å². The van der Waals surface area contributed by atoms with Crippen molar-refractivity contribution < 1.29 is 0 Å². The summed E-state index contributed by atoms with van der Waals surface area (Å²) in [4.78, 5) is 0. The van der Waals surface area contributed by atoms with Crippen molar-refractivity contribution in [1.29, 1.82) is 5.26 Å². The van der Waals surface area contributed by atoms with E-state index in [1.807, 2.05) is 0 Å². The Morgan fingerprint density at radius 2 is 2.00 bits per heavy atom. The van der Waals surface area contributed by atoms with Gasteiger partial charge in [-0.05, 0) is 17.7 Å². The van der Waals surface area contributed by atoms with Crippen LogP contribution in [0.2, 0.25) is 25.7 Å². The van der Waals surface area contributed by atoms with Gasteiger partial charge < -0.3 is 0 Å². The molecule has 0 N–H and O–H groups in total. The smallest absolute Gasteiger partial charge is 0.133 e. The average Bonchev–Trinajstić information content (AvgIpc) is 1.79. The van der Waals surface area contributed by atoms with Crippen molar-refractivity contribution in [2.45, 2.75) is 32.6 Å². The van der Waals surface area contributed by atoms with E-state index in [4.69, 9.17) is 5.26 Å². The summed E-state index contributed by atoms with van der Waals surface area (Å²) in [7, 11) is -0.893. The highest BCUT2D eigenvalue weighted by Crippen LogP contribution is 2.19. The molecule has 0 heterocycles. The number of nitriles is 1. The number of hydrogen-bond donors (Lipinski definition) is 0. The van der Waals surface area contributed by atoms with Gasteiger partial charge >= 0.3 is 0 Å². The Kier molecular flexibility index (Phi) is 4.86. The van der Waals surface area contributed by atoms with Crippen LogP contribution in [0, 0.1) is 16.6 Å². The average molecular weight is 187 g/mol. The lowest BCUT2D eigenvalue weighted by Gasteiger charge is -2.19. The van der Waals surface area contributed by atoms with Gasteiger partial charge in [-0.15, -0.1) is 0 Å². The second kappa shape index (κ2) is 4.84. The standard InChI is InChI=1S/C8H17NSSi/c1-8(5-10-7-9)6-11(2,3)4/h8H,5-6H2,1-4H3. The number of nitrogens with zero attached hydrogens (tertiary/aromatic N) is 1. The summed E-state index contributed by atoms with van der Waals surface area (Å²) in [5, 5.41) is 10.5. The van der Waals surface area contributed by atoms with E-state index in [0.29, 0.717) is 5.92 Å². The Morgan fingerprint density at radius 1 is 1.45 bits per heavy atom. The zero-order valence-corrected chi connectivity index (χ0v) is 9.66. The van der Waals surface area contributed by atoms with Crippen LogP contribution < -0.4 is 0 Å². The summed E-state index contributed by atoms with van der Waals surface area (Å²) < 4.78 is 0. The first kappa shape index (κ1) is 11.1. The van der Waals surface area contributed by atoms with Gasteiger partial charge in [0.05, 0.1) is 0 Å².